The van der Waals surface area contributed by atoms with Gasteiger partial charge in [-0.2, -0.15) is 8.42 Å². The third-order valence-electron chi connectivity index (χ3n) is 5.50. The number of aromatic nitrogens is 1. The van der Waals surface area contributed by atoms with Gasteiger partial charge in [0.05, 0.1) is 36.4 Å². The minimum absolute atomic E-state index is 0.00307. The maximum atomic E-state index is 15.1. The molecule has 2 unspecified atom stereocenters. The molecule has 0 radical (unpaired) electrons. The molecule has 11 nitrogen and oxygen atoms in total. The lowest BCUT2D eigenvalue weighted by Crippen LogP contribution is -2.34. The van der Waals surface area contributed by atoms with Crippen LogP contribution < -0.4 is 20.8 Å². The number of hydrogen-bond donors (Lipinski definition) is 3. The van der Waals surface area contributed by atoms with Crippen LogP contribution in [0.3, 0.4) is 0 Å². The highest BCUT2D eigenvalue weighted by atomic mass is 32.2. The Morgan fingerprint density at radius 2 is 1.88 bits per heavy atom. The number of halogens is 1. The number of carbonyl (C=O) groups is 1. The summed E-state index contributed by atoms with van der Waals surface area (Å²) in [5.41, 5.74) is 5.60. The number of aromatic carboxylic acids is 1. The lowest BCUT2D eigenvalue weighted by molar-refractivity contribution is 0.0694. The fourth-order valence-corrected chi connectivity index (χ4v) is 3.96. The molecule has 4 rings (SSSR count). The van der Waals surface area contributed by atoms with E-state index in [4.69, 9.17) is 19.8 Å². The summed E-state index contributed by atoms with van der Waals surface area (Å²) in [4.78, 5) is 26.0. The van der Waals surface area contributed by atoms with Crippen LogP contribution in [0.2, 0.25) is 0 Å². The average Bonchev–Trinajstić information content (AvgIpc) is 3.48. The Morgan fingerprint density at radius 1 is 1.27 bits per heavy atom. The molecule has 2 atom stereocenters. The molecule has 2 aromatic rings. The molecule has 1 aromatic carbocycles. The van der Waals surface area contributed by atoms with Crippen LogP contribution in [-0.4, -0.2) is 74.3 Å². The number of methoxy groups -OCH3 is 2. The van der Waals surface area contributed by atoms with Gasteiger partial charge in [-0.05, 0) is 18.9 Å². The van der Waals surface area contributed by atoms with Gasteiger partial charge < -0.3 is 29.8 Å². The summed E-state index contributed by atoms with van der Waals surface area (Å²) in [7, 11) is -0.700. The quantitative estimate of drug-likeness (QED) is 0.516. The fourth-order valence-electron chi connectivity index (χ4n) is 3.96. The standard InChI is InChI=1S/C19H22FN3O5.CH4O3S/c1-27-14-8-22(7-13(14)21)16-12(20)5-10-15(18(16)28-2)23(9-3-4-9)6-11(17(10)24)19(25)26;1-5(2,3)4/h5-6,9,13-14H,3-4,7-8,21H2,1-2H3,(H,25,26);1H3,(H,2,3,4). The molecule has 4 N–H and O–H groups in total. The smallest absolute Gasteiger partial charge is 0.341 e. The van der Waals surface area contributed by atoms with E-state index < -0.39 is 27.3 Å². The molecule has 33 heavy (non-hydrogen) atoms. The number of pyridine rings is 1. The van der Waals surface area contributed by atoms with Gasteiger partial charge in [-0.15, -0.1) is 0 Å². The minimum Gasteiger partial charge on any atom is -0.492 e. The van der Waals surface area contributed by atoms with Gasteiger partial charge in [0, 0.05) is 32.4 Å². The molecular weight excluding hydrogens is 461 g/mol. The van der Waals surface area contributed by atoms with E-state index in [9.17, 15) is 23.1 Å². The number of rotatable bonds is 5. The van der Waals surface area contributed by atoms with E-state index in [0.717, 1.165) is 18.9 Å². The number of nitrogens with two attached hydrogens (primary N) is 1. The first-order valence-corrected chi connectivity index (χ1v) is 11.9. The molecule has 182 valence electrons. The van der Waals surface area contributed by atoms with E-state index in [0.29, 0.717) is 24.9 Å². The summed E-state index contributed by atoms with van der Waals surface area (Å²) in [6.45, 7) is 0.759. The topological polar surface area (TPSA) is 161 Å². The van der Waals surface area contributed by atoms with Crippen molar-refractivity contribution in [2.24, 2.45) is 5.73 Å². The van der Waals surface area contributed by atoms with Crippen LogP contribution in [0.4, 0.5) is 10.1 Å². The zero-order chi connectivity index (χ0) is 24.7. The zero-order valence-corrected chi connectivity index (χ0v) is 19.1. The van der Waals surface area contributed by atoms with Gasteiger partial charge in [-0.25, -0.2) is 9.18 Å². The Morgan fingerprint density at radius 3 is 2.33 bits per heavy atom. The predicted molar refractivity (Wildman–Crippen MR) is 118 cm³/mol. The number of carboxylic acids is 1. The molecule has 2 aliphatic rings. The first-order chi connectivity index (χ1) is 15.4. The normalized spacial score (nSPS) is 20.5. The van der Waals surface area contributed by atoms with Crippen LogP contribution in [0.15, 0.2) is 17.1 Å². The Balaban J connectivity index is 0.000000555. The number of anilines is 1. The monoisotopic (exact) mass is 487 g/mol. The summed E-state index contributed by atoms with van der Waals surface area (Å²) >= 11 is 0. The van der Waals surface area contributed by atoms with Gasteiger partial charge in [0.15, 0.2) is 11.6 Å². The van der Waals surface area contributed by atoms with Gasteiger partial charge in [0.1, 0.15) is 11.3 Å². The highest BCUT2D eigenvalue weighted by Crippen LogP contribution is 2.44. The van der Waals surface area contributed by atoms with E-state index in [1.54, 1.807) is 16.6 Å². The van der Waals surface area contributed by atoms with E-state index in [-0.39, 0.29) is 40.6 Å². The summed E-state index contributed by atoms with van der Waals surface area (Å²) in [5.74, 6) is -1.78. The zero-order valence-electron chi connectivity index (χ0n) is 18.3. The lowest BCUT2D eigenvalue weighted by Gasteiger charge is -2.24. The molecule has 0 amide bonds. The largest absolute Gasteiger partial charge is 0.492 e. The Labute approximate surface area is 189 Å². The fraction of sp³-hybridized carbons (Fsp3) is 0.500. The first-order valence-electron chi connectivity index (χ1n) is 10.0. The van der Waals surface area contributed by atoms with E-state index in [1.165, 1.54) is 13.3 Å². The first kappa shape index (κ1) is 24.9. The predicted octanol–water partition coefficient (Wildman–Crippen LogP) is 0.849. The van der Waals surface area contributed by atoms with Gasteiger partial charge in [-0.3, -0.25) is 9.35 Å². The third kappa shape index (κ3) is 5.27. The van der Waals surface area contributed by atoms with E-state index in [1.807, 2.05) is 0 Å². The summed E-state index contributed by atoms with van der Waals surface area (Å²) in [5, 5.41) is 9.38. The number of hydrogen-bond acceptors (Lipinski definition) is 8. The number of benzene rings is 1. The third-order valence-corrected chi connectivity index (χ3v) is 5.50. The van der Waals surface area contributed by atoms with Crippen molar-refractivity contribution in [3.63, 3.8) is 0 Å². The second-order valence-corrected chi connectivity index (χ2v) is 9.49. The number of ether oxygens (including phenoxy) is 2. The molecule has 2 fully saturated rings. The Hall–Kier alpha value is -2.74. The molecular formula is C20H26FN3O8S. The summed E-state index contributed by atoms with van der Waals surface area (Å²) < 4.78 is 53.7. The van der Waals surface area contributed by atoms with Crippen molar-refractivity contribution in [3.05, 3.63) is 33.9 Å². The van der Waals surface area contributed by atoms with Gasteiger partial charge in [0.2, 0.25) is 5.43 Å². The lowest BCUT2D eigenvalue weighted by atomic mass is 10.1. The van der Waals surface area contributed by atoms with E-state index >= 15 is 4.39 Å². The van der Waals surface area contributed by atoms with Crippen LogP contribution >= 0.6 is 0 Å². The number of nitrogens with zero attached hydrogens (tertiary/aromatic N) is 2. The highest BCUT2D eigenvalue weighted by Gasteiger charge is 2.36. The minimum atomic E-state index is -3.67. The second-order valence-electron chi connectivity index (χ2n) is 8.03. The molecule has 0 spiro atoms. The van der Waals surface area contributed by atoms with Crippen molar-refractivity contribution in [2.45, 2.75) is 31.0 Å². The molecule has 0 bridgehead atoms. The van der Waals surface area contributed by atoms with Crippen LogP contribution in [-0.2, 0) is 14.9 Å². The molecule has 13 heteroatoms. The molecule has 1 aliphatic heterocycles. The molecule has 1 saturated carbocycles. The van der Waals surface area contributed by atoms with Crippen molar-refractivity contribution < 1.29 is 36.7 Å². The van der Waals surface area contributed by atoms with E-state index in [2.05, 4.69) is 0 Å². The summed E-state index contributed by atoms with van der Waals surface area (Å²) in [6.07, 6.45) is 3.51. The van der Waals surface area contributed by atoms with Crippen LogP contribution in [0, 0.1) is 5.82 Å². The van der Waals surface area contributed by atoms with Crippen molar-refractivity contribution in [1.82, 2.24) is 4.57 Å². The Bertz CT molecular complexity index is 1230. The van der Waals surface area contributed by atoms with Gasteiger partial charge >= 0.3 is 5.97 Å². The Kier molecular flexibility index (Phi) is 6.98. The summed E-state index contributed by atoms with van der Waals surface area (Å²) in [6, 6.07) is 0.873. The maximum Gasteiger partial charge on any atom is 0.341 e. The maximum absolute atomic E-state index is 15.1. The van der Waals surface area contributed by atoms with Crippen molar-refractivity contribution in [2.75, 3.05) is 38.5 Å². The molecule has 1 aromatic heterocycles. The molecule has 1 aliphatic carbocycles. The van der Waals surface area contributed by atoms with Gasteiger partial charge in [0.25, 0.3) is 10.1 Å². The highest BCUT2D eigenvalue weighted by molar-refractivity contribution is 7.85. The van der Waals surface area contributed by atoms with Crippen LogP contribution in [0.25, 0.3) is 10.9 Å². The van der Waals surface area contributed by atoms with Crippen LogP contribution in [0.5, 0.6) is 5.75 Å². The van der Waals surface area contributed by atoms with Gasteiger partial charge in [-0.1, -0.05) is 0 Å². The van der Waals surface area contributed by atoms with Crippen molar-refractivity contribution >= 4 is 32.7 Å². The second kappa shape index (κ2) is 9.25. The van der Waals surface area contributed by atoms with Crippen molar-refractivity contribution in [3.8, 4) is 5.75 Å². The SMILES string of the molecule is COc1c(N2CC(N)C(OC)C2)c(F)cc2c(=O)c(C(=O)O)cn(C3CC3)c12.CS(=O)(=O)O. The average molecular weight is 488 g/mol. The number of fused-ring (bicyclic) bond motifs is 1. The molecule has 1 saturated heterocycles. The number of carboxylic acid groups (broad SMARTS) is 1. The molecule has 2 heterocycles. The van der Waals surface area contributed by atoms with Crippen LogP contribution in [0.1, 0.15) is 29.2 Å². The van der Waals surface area contributed by atoms with Crippen molar-refractivity contribution in [1.29, 1.82) is 0 Å².